The Morgan fingerprint density at radius 3 is 2.28 bits per heavy atom. The Kier molecular flexibility index (Phi) is 7.42. The van der Waals surface area contributed by atoms with E-state index in [2.05, 4.69) is 15.8 Å². The van der Waals surface area contributed by atoms with Crippen molar-refractivity contribution in [3.8, 4) is 5.75 Å². The number of hydrazone groups is 1. The average molecular weight is 433 g/mol. The van der Waals surface area contributed by atoms with Crippen molar-refractivity contribution in [3.63, 3.8) is 0 Å². The topological polar surface area (TPSA) is 96.9 Å². The number of rotatable bonds is 7. The molecule has 0 atom stereocenters. The predicted molar refractivity (Wildman–Crippen MR) is 117 cm³/mol. The van der Waals surface area contributed by atoms with Gasteiger partial charge in [0.2, 0.25) is 0 Å². The van der Waals surface area contributed by atoms with E-state index >= 15 is 0 Å². The molecule has 0 radical (unpaired) electrons. The standard InChI is InChI=1S/C24H20FN3O4/c1-16-6-2-3-7-19(16)23(30)26-15-22(29)28-27-14-17-10-12-18(13-11-17)32-24(31)20-8-4-5-9-21(20)25/h2-14H,15H2,1H3,(H,26,30)(H,28,29)/b27-14-. The first-order valence-electron chi connectivity index (χ1n) is 9.66. The summed E-state index contributed by atoms with van der Waals surface area (Å²) in [7, 11) is 0. The zero-order chi connectivity index (χ0) is 22.9. The van der Waals surface area contributed by atoms with E-state index in [4.69, 9.17) is 4.74 Å². The maximum Gasteiger partial charge on any atom is 0.346 e. The summed E-state index contributed by atoms with van der Waals surface area (Å²) in [5, 5.41) is 6.36. The molecule has 0 saturated heterocycles. The van der Waals surface area contributed by atoms with Crippen molar-refractivity contribution in [3.05, 3.63) is 101 Å². The molecule has 3 aromatic rings. The van der Waals surface area contributed by atoms with E-state index in [-0.39, 0.29) is 23.8 Å². The molecule has 3 rings (SSSR count). The molecule has 7 nitrogen and oxygen atoms in total. The van der Waals surface area contributed by atoms with E-state index in [1.54, 1.807) is 30.3 Å². The third-order valence-electron chi connectivity index (χ3n) is 4.39. The molecule has 0 fully saturated rings. The average Bonchev–Trinajstić information content (AvgIpc) is 2.79. The molecule has 0 heterocycles. The van der Waals surface area contributed by atoms with Crippen LogP contribution in [0.3, 0.4) is 0 Å². The van der Waals surface area contributed by atoms with E-state index < -0.39 is 17.7 Å². The number of esters is 1. The Bertz CT molecular complexity index is 1160. The highest BCUT2D eigenvalue weighted by Gasteiger charge is 2.13. The summed E-state index contributed by atoms with van der Waals surface area (Å²) in [4.78, 5) is 36.0. The Balaban J connectivity index is 1.47. The van der Waals surface area contributed by atoms with Gasteiger partial charge in [-0.3, -0.25) is 9.59 Å². The molecule has 0 aliphatic rings. The minimum atomic E-state index is -0.801. The number of ether oxygens (including phenoxy) is 1. The molecule has 0 spiro atoms. The van der Waals surface area contributed by atoms with Crippen LogP contribution in [0.1, 0.15) is 31.8 Å². The normalized spacial score (nSPS) is 10.6. The molecule has 8 heteroatoms. The number of nitrogens with zero attached hydrogens (tertiary/aromatic N) is 1. The van der Waals surface area contributed by atoms with E-state index in [0.717, 1.165) is 5.56 Å². The Hall–Kier alpha value is -4.33. The van der Waals surface area contributed by atoms with Gasteiger partial charge in [-0.15, -0.1) is 0 Å². The van der Waals surface area contributed by atoms with Gasteiger partial charge in [0.1, 0.15) is 11.6 Å². The summed E-state index contributed by atoms with van der Waals surface area (Å²) in [5.74, 6) is -2.06. The fourth-order valence-corrected chi connectivity index (χ4v) is 2.71. The van der Waals surface area contributed by atoms with Gasteiger partial charge in [-0.25, -0.2) is 14.6 Å². The van der Waals surface area contributed by atoms with Gasteiger partial charge in [0.25, 0.3) is 11.8 Å². The monoisotopic (exact) mass is 433 g/mol. The molecule has 162 valence electrons. The van der Waals surface area contributed by atoms with Crippen LogP contribution in [-0.4, -0.2) is 30.5 Å². The SMILES string of the molecule is Cc1ccccc1C(=O)NCC(=O)N/N=C\c1ccc(OC(=O)c2ccccc2F)cc1. The maximum atomic E-state index is 13.6. The second-order valence-electron chi connectivity index (χ2n) is 6.73. The molecule has 0 bridgehead atoms. The van der Waals surface area contributed by atoms with Crippen LogP contribution in [0, 0.1) is 12.7 Å². The lowest BCUT2D eigenvalue weighted by Crippen LogP contribution is -2.35. The number of benzene rings is 3. The Morgan fingerprint density at radius 1 is 0.938 bits per heavy atom. The Morgan fingerprint density at radius 2 is 1.59 bits per heavy atom. The van der Waals surface area contributed by atoms with Gasteiger partial charge in [-0.05, 0) is 60.5 Å². The summed E-state index contributed by atoms with van der Waals surface area (Å²) >= 11 is 0. The van der Waals surface area contributed by atoms with Crippen LogP contribution in [0.25, 0.3) is 0 Å². The van der Waals surface area contributed by atoms with Crippen molar-refractivity contribution < 1.29 is 23.5 Å². The molecule has 3 aromatic carbocycles. The third-order valence-corrected chi connectivity index (χ3v) is 4.39. The van der Waals surface area contributed by atoms with Crippen LogP contribution in [0.5, 0.6) is 5.75 Å². The van der Waals surface area contributed by atoms with Gasteiger partial charge in [-0.2, -0.15) is 5.10 Å². The molecule has 0 aliphatic carbocycles. The van der Waals surface area contributed by atoms with Gasteiger partial charge >= 0.3 is 5.97 Å². The summed E-state index contributed by atoms with van der Waals surface area (Å²) in [5.41, 5.74) is 4.09. The third kappa shape index (κ3) is 6.09. The number of amides is 2. The zero-order valence-corrected chi connectivity index (χ0v) is 17.2. The quantitative estimate of drug-likeness (QED) is 0.259. The number of hydrogen-bond donors (Lipinski definition) is 2. The number of carbonyl (C=O) groups is 3. The van der Waals surface area contributed by atoms with Crippen LogP contribution < -0.4 is 15.5 Å². The number of aryl methyl sites for hydroxylation is 1. The Labute approximate surface area is 183 Å². The molecule has 2 N–H and O–H groups in total. The second kappa shape index (κ2) is 10.6. The molecular weight excluding hydrogens is 413 g/mol. The van der Waals surface area contributed by atoms with Crippen LogP contribution >= 0.6 is 0 Å². The van der Waals surface area contributed by atoms with Gasteiger partial charge < -0.3 is 10.1 Å². The lowest BCUT2D eigenvalue weighted by Gasteiger charge is -2.06. The van der Waals surface area contributed by atoms with Gasteiger partial charge in [0.15, 0.2) is 0 Å². The predicted octanol–water partition coefficient (Wildman–Crippen LogP) is 3.23. The van der Waals surface area contributed by atoms with Crippen molar-refractivity contribution in [1.29, 1.82) is 0 Å². The van der Waals surface area contributed by atoms with Crippen LogP contribution in [0.15, 0.2) is 77.9 Å². The maximum absolute atomic E-state index is 13.6. The highest BCUT2D eigenvalue weighted by molar-refractivity contribution is 5.97. The highest BCUT2D eigenvalue weighted by Crippen LogP contribution is 2.15. The largest absolute Gasteiger partial charge is 0.423 e. The first-order valence-corrected chi connectivity index (χ1v) is 9.66. The van der Waals surface area contributed by atoms with Gasteiger partial charge in [0, 0.05) is 5.56 Å². The first-order chi connectivity index (χ1) is 15.4. The lowest BCUT2D eigenvalue weighted by molar-refractivity contribution is -0.120. The van der Waals surface area contributed by atoms with Crippen molar-refractivity contribution in [1.82, 2.24) is 10.7 Å². The summed E-state index contributed by atoms with van der Waals surface area (Å²) in [6.45, 7) is 1.58. The fourth-order valence-electron chi connectivity index (χ4n) is 2.71. The molecule has 0 aliphatic heterocycles. The van der Waals surface area contributed by atoms with Gasteiger partial charge in [0.05, 0.1) is 18.3 Å². The van der Waals surface area contributed by atoms with Crippen molar-refractivity contribution in [2.24, 2.45) is 5.10 Å². The van der Waals surface area contributed by atoms with E-state index in [9.17, 15) is 18.8 Å². The van der Waals surface area contributed by atoms with Crippen molar-refractivity contribution >= 4 is 24.0 Å². The van der Waals surface area contributed by atoms with E-state index in [1.807, 2.05) is 19.1 Å². The highest BCUT2D eigenvalue weighted by atomic mass is 19.1. The van der Waals surface area contributed by atoms with E-state index in [0.29, 0.717) is 11.1 Å². The number of carbonyl (C=O) groups excluding carboxylic acids is 3. The minimum Gasteiger partial charge on any atom is -0.423 e. The second-order valence-corrected chi connectivity index (χ2v) is 6.73. The fraction of sp³-hybridized carbons (Fsp3) is 0.0833. The smallest absolute Gasteiger partial charge is 0.346 e. The minimum absolute atomic E-state index is 0.157. The molecular formula is C24H20FN3O4. The van der Waals surface area contributed by atoms with Crippen LogP contribution in [-0.2, 0) is 4.79 Å². The van der Waals surface area contributed by atoms with Crippen LogP contribution in [0.2, 0.25) is 0 Å². The van der Waals surface area contributed by atoms with Crippen molar-refractivity contribution in [2.75, 3.05) is 6.54 Å². The molecule has 0 saturated carbocycles. The van der Waals surface area contributed by atoms with Crippen LogP contribution in [0.4, 0.5) is 4.39 Å². The zero-order valence-electron chi connectivity index (χ0n) is 17.2. The molecule has 32 heavy (non-hydrogen) atoms. The van der Waals surface area contributed by atoms with E-state index in [1.165, 1.54) is 36.5 Å². The first kappa shape index (κ1) is 22.4. The molecule has 0 unspecified atom stereocenters. The number of nitrogens with one attached hydrogen (secondary N) is 2. The van der Waals surface area contributed by atoms with Crippen molar-refractivity contribution in [2.45, 2.75) is 6.92 Å². The summed E-state index contributed by atoms with van der Waals surface area (Å²) in [6.07, 6.45) is 1.39. The number of halogens is 1. The number of hydrogen-bond acceptors (Lipinski definition) is 5. The summed E-state index contributed by atoms with van der Waals surface area (Å²) < 4.78 is 18.8. The summed E-state index contributed by atoms with van der Waals surface area (Å²) in [6, 6.07) is 18.9. The van der Waals surface area contributed by atoms with Gasteiger partial charge in [-0.1, -0.05) is 30.3 Å². The lowest BCUT2D eigenvalue weighted by atomic mass is 10.1. The molecule has 0 aromatic heterocycles. The molecule has 2 amide bonds.